The van der Waals surface area contributed by atoms with Crippen LogP contribution in [0.3, 0.4) is 0 Å². The molecule has 6 nitrogen and oxygen atoms in total. The van der Waals surface area contributed by atoms with Gasteiger partial charge in [0.2, 0.25) is 5.91 Å². The third-order valence-corrected chi connectivity index (χ3v) is 3.82. The molecule has 6 heteroatoms. The molecule has 1 atom stereocenters. The van der Waals surface area contributed by atoms with E-state index in [1.54, 1.807) is 30.2 Å². The van der Waals surface area contributed by atoms with Gasteiger partial charge in [-0.15, -0.1) is 0 Å². The lowest BCUT2D eigenvalue weighted by molar-refractivity contribution is -0.150. The SMILES string of the molecule is CC(C(=O)O)C1CN(C(=O)CCn2ccccc2=O)C1. The Morgan fingerprint density at radius 2 is 2.10 bits per heavy atom. The molecule has 0 saturated carbocycles. The van der Waals surface area contributed by atoms with Gasteiger partial charge in [0.15, 0.2) is 0 Å². The van der Waals surface area contributed by atoms with E-state index in [1.165, 1.54) is 10.6 Å². The van der Waals surface area contributed by atoms with Gasteiger partial charge in [-0.05, 0) is 6.07 Å². The van der Waals surface area contributed by atoms with Crippen molar-refractivity contribution in [2.75, 3.05) is 13.1 Å². The van der Waals surface area contributed by atoms with Crippen molar-refractivity contribution in [3.8, 4) is 0 Å². The molecule has 2 rings (SSSR count). The van der Waals surface area contributed by atoms with Crippen molar-refractivity contribution in [2.45, 2.75) is 19.9 Å². The zero-order valence-electron chi connectivity index (χ0n) is 11.4. The summed E-state index contributed by atoms with van der Waals surface area (Å²) in [7, 11) is 0. The van der Waals surface area contributed by atoms with Crippen LogP contribution in [-0.4, -0.2) is 39.5 Å². The number of aromatic nitrogens is 1. The first-order valence-electron chi connectivity index (χ1n) is 6.65. The predicted molar refractivity (Wildman–Crippen MR) is 72.2 cm³/mol. The van der Waals surface area contributed by atoms with Crippen molar-refractivity contribution in [1.29, 1.82) is 0 Å². The minimum absolute atomic E-state index is 0.0328. The molecule has 1 aromatic rings. The summed E-state index contributed by atoms with van der Waals surface area (Å²) in [6.45, 7) is 3.01. The molecule has 0 aromatic carbocycles. The smallest absolute Gasteiger partial charge is 0.306 e. The van der Waals surface area contributed by atoms with E-state index >= 15 is 0 Å². The Hall–Kier alpha value is -2.11. The number of carbonyl (C=O) groups excluding carboxylic acids is 1. The highest BCUT2D eigenvalue weighted by Gasteiger charge is 2.36. The van der Waals surface area contributed by atoms with E-state index < -0.39 is 11.9 Å². The van der Waals surface area contributed by atoms with Crippen LogP contribution in [-0.2, 0) is 16.1 Å². The van der Waals surface area contributed by atoms with Crippen LogP contribution in [0.4, 0.5) is 0 Å². The molecule has 2 heterocycles. The first kappa shape index (κ1) is 14.3. The third kappa shape index (κ3) is 3.07. The number of rotatable bonds is 5. The molecule has 1 saturated heterocycles. The summed E-state index contributed by atoms with van der Waals surface area (Å²) < 4.78 is 1.50. The van der Waals surface area contributed by atoms with Crippen LogP contribution in [0.15, 0.2) is 29.2 Å². The number of pyridine rings is 1. The quantitative estimate of drug-likeness (QED) is 0.846. The molecule has 20 heavy (non-hydrogen) atoms. The number of carbonyl (C=O) groups is 2. The van der Waals surface area contributed by atoms with Crippen LogP contribution < -0.4 is 5.56 Å². The Kier molecular flexibility index (Phi) is 4.22. The number of likely N-dealkylation sites (tertiary alicyclic amines) is 1. The lowest BCUT2D eigenvalue weighted by Gasteiger charge is -2.41. The van der Waals surface area contributed by atoms with Crippen molar-refractivity contribution in [1.82, 2.24) is 9.47 Å². The normalized spacial score (nSPS) is 16.6. The summed E-state index contributed by atoms with van der Waals surface area (Å²) in [4.78, 5) is 35.9. The van der Waals surface area contributed by atoms with Crippen molar-refractivity contribution in [2.24, 2.45) is 11.8 Å². The minimum Gasteiger partial charge on any atom is -0.481 e. The molecular weight excluding hydrogens is 260 g/mol. The van der Waals surface area contributed by atoms with Crippen molar-refractivity contribution >= 4 is 11.9 Å². The van der Waals surface area contributed by atoms with Crippen molar-refractivity contribution in [3.05, 3.63) is 34.7 Å². The van der Waals surface area contributed by atoms with E-state index in [2.05, 4.69) is 0 Å². The molecule has 108 valence electrons. The first-order chi connectivity index (χ1) is 9.49. The number of amides is 1. The molecule has 1 aliphatic rings. The molecule has 1 aliphatic heterocycles. The van der Waals surface area contributed by atoms with Gasteiger partial charge in [0.05, 0.1) is 5.92 Å². The average molecular weight is 278 g/mol. The van der Waals surface area contributed by atoms with Gasteiger partial charge in [-0.25, -0.2) is 0 Å². The number of aryl methyl sites for hydroxylation is 1. The number of carboxylic acids is 1. The maximum atomic E-state index is 11.9. The minimum atomic E-state index is -0.821. The standard InChI is InChI=1S/C14H18N2O4/c1-10(14(19)20)11-8-16(9-11)13(18)5-7-15-6-3-2-4-12(15)17/h2-4,6,10-11H,5,7-9H2,1H3,(H,19,20). The molecule has 1 unspecified atom stereocenters. The summed E-state index contributed by atoms with van der Waals surface area (Å²) in [5.41, 5.74) is -0.124. The number of hydrogen-bond donors (Lipinski definition) is 1. The fourth-order valence-corrected chi connectivity index (χ4v) is 2.25. The average Bonchev–Trinajstić information content (AvgIpc) is 2.35. The number of nitrogens with zero attached hydrogens (tertiary/aromatic N) is 2. The van der Waals surface area contributed by atoms with E-state index in [9.17, 15) is 14.4 Å². The van der Waals surface area contributed by atoms with Crippen LogP contribution in [0.2, 0.25) is 0 Å². The predicted octanol–water partition coefficient (Wildman–Crippen LogP) is 0.417. The van der Waals surface area contributed by atoms with Crippen molar-refractivity contribution < 1.29 is 14.7 Å². The fraction of sp³-hybridized carbons (Fsp3) is 0.500. The lowest BCUT2D eigenvalue weighted by Crippen LogP contribution is -2.53. The van der Waals surface area contributed by atoms with Gasteiger partial charge in [-0.1, -0.05) is 13.0 Å². The Bertz CT molecular complexity index is 560. The van der Waals surface area contributed by atoms with Gasteiger partial charge in [0.25, 0.3) is 5.56 Å². The Labute approximate surface area is 116 Å². The molecule has 1 fully saturated rings. The monoisotopic (exact) mass is 278 g/mol. The fourth-order valence-electron chi connectivity index (χ4n) is 2.25. The molecule has 0 radical (unpaired) electrons. The van der Waals surface area contributed by atoms with Crippen LogP contribution >= 0.6 is 0 Å². The molecular formula is C14H18N2O4. The lowest BCUT2D eigenvalue weighted by atomic mass is 9.87. The number of hydrogen-bond acceptors (Lipinski definition) is 3. The summed E-state index contributed by atoms with van der Waals surface area (Å²) in [6.07, 6.45) is 1.92. The maximum absolute atomic E-state index is 11.9. The zero-order chi connectivity index (χ0) is 14.7. The third-order valence-electron chi connectivity index (χ3n) is 3.82. The number of aliphatic carboxylic acids is 1. The second kappa shape index (κ2) is 5.90. The van der Waals surface area contributed by atoms with Crippen molar-refractivity contribution in [3.63, 3.8) is 0 Å². The maximum Gasteiger partial charge on any atom is 0.306 e. The van der Waals surface area contributed by atoms with E-state index in [0.29, 0.717) is 19.6 Å². The zero-order valence-corrected chi connectivity index (χ0v) is 11.4. The Morgan fingerprint density at radius 3 is 2.70 bits per heavy atom. The Balaban J connectivity index is 1.79. The molecule has 0 aliphatic carbocycles. The second-order valence-corrected chi connectivity index (χ2v) is 5.17. The Morgan fingerprint density at radius 1 is 1.40 bits per heavy atom. The van der Waals surface area contributed by atoms with Gasteiger partial charge < -0.3 is 14.6 Å². The molecule has 1 aromatic heterocycles. The van der Waals surface area contributed by atoms with Crippen LogP contribution in [0.25, 0.3) is 0 Å². The van der Waals surface area contributed by atoms with E-state index in [-0.39, 0.29) is 23.8 Å². The van der Waals surface area contributed by atoms with Gasteiger partial charge in [-0.3, -0.25) is 14.4 Å². The topological polar surface area (TPSA) is 79.6 Å². The molecule has 0 bridgehead atoms. The highest BCUT2D eigenvalue weighted by atomic mass is 16.4. The van der Waals surface area contributed by atoms with Gasteiger partial charge >= 0.3 is 5.97 Å². The van der Waals surface area contributed by atoms with Gasteiger partial charge in [0, 0.05) is 44.2 Å². The van der Waals surface area contributed by atoms with E-state index in [0.717, 1.165) is 0 Å². The highest BCUT2D eigenvalue weighted by molar-refractivity contribution is 5.77. The van der Waals surface area contributed by atoms with E-state index in [1.807, 2.05) is 0 Å². The largest absolute Gasteiger partial charge is 0.481 e. The van der Waals surface area contributed by atoms with Crippen LogP contribution in [0, 0.1) is 11.8 Å². The van der Waals surface area contributed by atoms with Crippen LogP contribution in [0.5, 0.6) is 0 Å². The van der Waals surface area contributed by atoms with Gasteiger partial charge in [0.1, 0.15) is 0 Å². The summed E-state index contributed by atoms with van der Waals surface area (Å²) in [5.74, 6) is -1.24. The number of carboxylic acid groups (broad SMARTS) is 1. The second-order valence-electron chi connectivity index (χ2n) is 5.17. The van der Waals surface area contributed by atoms with Gasteiger partial charge in [-0.2, -0.15) is 0 Å². The molecule has 0 spiro atoms. The van der Waals surface area contributed by atoms with E-state index in [4.69, 9.17) is 5.11 Å². The molecule has 1 N–H and O–H groups in total. The summed E-state index contributed by atoms with van der Waals surface area (Å²) in [6, 6.07) is 4.87. The first-order valence-corrected chi connectivity index (χ1v) is 6.65. The highest BCUT2D eigenvalue weighted by Crippen LogP contribution is 2.24. The summed E-state index contributed by atoms with van der Waals surface area (Å²) >= 11 is 0. The summed E-state index contributed by atoms with van der Waals surface area (Å²) in [5, 5.41) is 8.88. The molecule has 1 amide bonds. The van der Waals surface area contributed by atoms with Crippen LogP contribution in [0.1, 0.15) is 13.3 Å².